The molecule has 1 N–H and O–H groups in total. The van der Waals surface area contributed by atoms with E-state index in [0.29, 0.717) is 19.5 Å². The molecule has 7 nitrogen and oxygen atoms in total. The van der Waals surface area contributed by atoms with Crippen LogP contribution in [-0.2, 0) is 14.6 Å². The first kappa shape index (κ1) is 15.8. The number of piperazine rings is 1. The van der Waals surface area contributed by atoms with Crippen molar-refractivity contribution >= 4 is 15.7 Å². The van der Waals surface area contributed by atoms with Crippen LogP contribution >= 0.6 is 0 Å². The number of nitriles is 1. The quantitative estimate of drug-likeness (QED) is 0.528. The normalized spacial score (nSPS) is 26.4. The van der Waals surface area contributed by atoms with Crippen LogP contribution in [0.1, 0.15) is 6.42 Å². The zero-order valence-corrected chi connectivity index (χ0v) is 12.9. The van der Waals surface area contributed by atoms with Crippen molar-refractivity contribution in [1.82, 2.24) is 15.1 Å². The van der Waals surface area contributed by atoms with E-state index in [1.54, 1.807) is 4.90 Å². The first-order valence-electron chi connectivity index (χ1n) is 6.96. The van der Waals surface area contributed by atoms with Gasteiger partial charge in [-0.2, -0.15) is 5.26 Å². The summed E-state index contributed by atoms with van der Waals surface area (Å²) in [6.07, 6.45) is 1.88. The molecule has 2 rings (SSSR count). The Labute approximate surface area is 125 Å². The number of nitrogens with one attached hydrogen (secondary N) is 1. The Balaban J connectivity index is 1.94. The number of rotatable bonds is 3. The second-order valence-corrected chi connectivity index (χ2v) is 7.76. The zero-order valence-electron chi connectivity index (χ0n) is 12.1. The molecule has 0 aromatic rings. The lowest BCUT2D eigenvalue weighted by atomic mass is 10.2. The van der Waals surface area contributed by atoms with Gasteiger partial charge in [-0.1, -0.05) is 0 Å². The van der Waals surface area contributed by atoms with E-state index in [4.69, 9.17) is 5.26 Å². The summed E-state index contributed by atoms with van der Waals surface area (Å²) in [5.41, 5.74) is 0.0313. The van der Waals surface area contributed by atoms with Gasteiger partial charge in [0.05, 0.1) is 11.5 Å². The highest BCUT2D eigenvalue weighted by Crippen LogP contribution is 2.12. The number of carbonyl (C=O) groups excluding carboxylic acids is 1. The second kappa shape index (κ2) is 6.45. The van der Waals surface area contributed by atoms with E-state index >= 15 is 0 Å². The lowest BCUT2D eigenvalue weighted by Crippen LogP contribution is -2.47. The second-order valence-electron chi connectivity index (χ2n) is 5.53. The third kappa shape index (κ3) is 4.19. The highest BCUT2D eigenvalue weighted by Gasteiger charge is 2.28. The SMILES string of the molecule is CN1CCN(C(=O)/C(C#N)=C\NC2CCS(=O)(=O)C2)CC1. The molecule has 1 amide bonds. The molecule has 0 aromatic carbocycles. The van der Waals surface area contributed by atoms with Gasteiger partial charge in [-0.25, -0.2) is 8.42 Å². The minimum absolute atomic E-state index is 0.0313. The predicted molar refractivity (Wildman–Crippen MR) is 78.0 cm³/mol. The summed E-state index contributed by atoms with van der Waals surface area (Å²) in [6.45, 7) is 2.79. The Morgan fingerprint density at radius 3 is 2.52 bits per heavy atom. The van der Waals surface area contributed by atoms with Gasteiger partial charge in [0, 0.05) is 38.4 Å². The molecular formula is C13H20N4O3S. The maximum Gasteiger partial charge on any atom is 0.266 e. The molecule has 1 unspecified atom stereocenters. The van der Waals surface area contributed by atoms with Crippen LogP contribution in [0.15, 0.2) is 11.8 Å². The Morgan fingerprint density at radius 1 is 1.33 bits per heavy atom. The number of carbonyl (C=O) groups is 1. The first-order chi connectivity index (χ1) is 9.91. The summed E-state index contributed by atoms with van der Waals surface area (Å²) in [5, 5.41) is 12.0. The van der Waals surface area contributed by atoms with Crippen molar-refractivity contribution < 1.29 is 13.2 Å². The summed E-state index contributed by atoms with van der Waals surface area (Å²) in [5.74, 6) is -0.0727. The number of likely N-dealkylation sites (N-methyl/N-ethyl adjacent to an activating group) is 1. The van der Waals surface area contributed by atoms with E-state index in [-0.39, 0.29) is 29.0 Å². The molecule has 0 saturated carbocycles. The molecule has 1 atom stereocenters. The van der Waals surface area contributed by atoms with Crippen LogP contribution in [-0.4, -0.2) is 74.9 Å². The molecule has 8 heteroatoms. The van der Waals surface area contributed by atoms with Crippen LogP contribution in [0.5, 0.6) is 0 Å². The maximum atomic E-state index is 12.2. The number of sulfone groups is 1. The fourth-order valence-electron chi connectivity index (χ4n) is 2.45. The van der Waals surface area contributed by atoms with E-state index in [1.807, 2.05) is 13.1 Å². The first-order valence-corrected chi connectivity index (χ1v) is 8.78. The van der Waals surface area contributed by atoms with Crippen molar-refractivity contribution in [3.63, 3.8) is 0 Å². The average Bonchev–Trinajstić information content (AvgIpc) is 2.79. The van der Waals surface area contributed by atoms with Crippen LogP contribution in [0.3, 0.4) is 0 Å². The summed E-state index contributed by atoms with van der Waals surface area (Å²) in [6, 6.07) is 1.69. The fourth-order valence-corrected chi connectivity index (χ4v) is 4.14. The van der Waals surface area contributed by atoms with Crippen LogP contribution in [0, 0.1) is 11.3 Å². The van der Waals surface area contributed by atoms with E-state index < -0.39 is 9.84 Å². The molecular weight excluding hydrogens is 292 g/mol. The third-order valence-corrected chi connectivity index (χ3v) is 5.61. The Morgan fingerprint density at radius 2 is 2.00 bits per heavy atom. The lowest BCUT2D eigenvalue weighted by molar-refractivity contribution is -0.128. The number of nitrogens with zero attached hydrogens (tertiary/aromatic N) is 3. The van der Waals surface area contributed by atoms with Gasteiger partial charge in [-0.15, -0.1) is 0 Å². The largest absolute Gasteiger partial charge is 0.386 e. The minimum atomic E-state index is -2.97. The van der Waals surface area contributed by atoms with Gasteiger partial charge in [0.25, 0.3) is 5.91 Å². The Bertz CT molecular complexity index is 571. The van der Waals surface area contributed by atoms with Crippen molar-refractivity contribution in [3.05, 3.63) is 11.8 Å². The molecule has 0 aromatic heterocycles. The van der Waals surface area contributed by atoms with Gasteiger partial charge < -0.3 is 15.1 Å². The third-order valence-electron chi connectivity index (χ3n) is 3.84. The molecule has 2 saturated heterocycles. The molecule has 0 radical (unpaired) electrons. The highest BCUT2D eigenvalue weighted by molar-refractivity contribution is 7.91. The highest BCUT2D eigenvalue weighted by atomic mass is 32.2. The van der Waals surface area contributed by atoms with Gasteiger partial charge >= 0.3 is 0 Å². The molecule has 21 heavy (non-hydrogen) atoms. The van der Waals surface area contributed by atoms with E-state index in [1.165, 1.54) is 6.20 Å². The van der Waals surface area contributed by atoms with Crippen molar-refractivity contribution in [2.75, 3.05) is 44.7 Å². The summed E-state index contributed by atoms with van der Waals surface area (Å²) >= 11 is 0. The van der Waals surface area contributed by atoms with Gasteiger partial charge in [0.2, 0.25) is 0 Å². The summed E-state index contributed by atoms with van der Waals surface area (Å²) < 4.78 is 22.7. The van der Waals surface area contributed by atoms with E-state index in [9.17, 15) is 13.2 Å². The Hall–Kier alpha value is -1.59. The molecule has 2 heterocycles. The molecule has 0 bridgehead atoms. The molecule has 2 fully saturated rings. The van der Waals surface area contributed by atoms with Crippen LogP contribution in [0.25, 0.3) is 0 Å². The van der Waals surface area contributed by atoms with Crippen molar-refractivity contribution in [3.8, 4) is 6.07 Å². The van der Waals surface area contributed by atoms with Crippen molar-refractivity contribution in [1.29, 1.82) is 5.26 Å². The van der Waals surface area contributed by atoms with Gasteiger partial charge in [0.15, 0.2) is 9.84 Å². The molecule has 0 spiro atoms. The van der Waals surface area contributed by atoms with E-state index in [2.05, 4.69) is 10.2 Å². The number of hydrogen-bond donors (Lipinski definition) is 1. The molecule has 116 valence electrons. The number of hydrogen-bond acceptors (Lipinski definition) is 6. The summed E-state index contributed by atoms with van der Waals surface area (Å²) in [4.78, 5) is 16.0. The summed E-state index contributed by atoms with van der Waals surface area (Å²) in [7, 11) is -0.981. The van der Waals surface area contributed by atoms with Gasteiger partial charge in [-0.3, -0.25) is 4.79 Å². The maximum absolute atomic E-state index is 12.2. The fraction of sp³-hybridized carbons (Fsp3) is 0.692. The van der Waals surface area contributed by atoms with Crippen molar-refractivity contribution in [2.24, 2.45) is 0 Å². The van der Waals surface area contributed by atoms with E-state index in [0.717, 1.165) is 13.1 Å². The van der Waals surface area contributed by atoms with Gasteiger partial charge in [-0.05, 0) is 13.5 Å². The predicted octanol–water partition coefficient (Wildman–Crippen LogP) is -1.06. The zero-order chi connectivity index (χ0) is 15.5. The lowest BCUT2D eigenvalue weighted by Gasteiger charge is -2.32. The van der Waals surface area contributed by atoms with Crippen LogP contribution < -0.4 is 5.32 Å². The topological polar surface area (TPSA) is 93.5 Å². The Kier molecular flexibility index (Phi) is 4.85. The van der Waals surface area contributed by atoms with Gasteiger partial charge in [0.1, 0.15) is 11.6 Å². The smallest absolute Gasteiger partial charge is 0.266 e. The minimum Gasteiger partial charge on any atom is -0.386 e. The average molecular weight is 312 g/mol. The van der Waals surface area contributed by atoms with Crippen LogP contribution in [0.4, 0.5) is 0 Å². The van der Waals surface area contributed by atoms with Crippen molar-refractivity contribution in [2.45, 2.75) is 12.5 Å². The molecule has 0 aliphatic carbocycles. The monoisotopic (exact) mass is 312 g/mol. The standard InChI is InChI=1S/C13H20N4O3S/c1-16-3-5-17(6-4-16)13(18)11(8-14)9-15-12-2-7-21(19,20)10-12/h9,12,15H,2-7,10H2,1H3/b11-9-. The van der Waals surface area contributed by atoms with Crippen LogP contribution in [0.2, 0.25) is 0 Å². The molecule has 2 aliphatic rings. The molecule has 2 aliphatic heterocycles. The number of amides is 1.